The molecule has 0 saturated carbocycles. The molecule has 3 rings (SSSR count). The second kappa shape index (κ2) is 5.51. The lowest BCUT2D eigenvalue weighted by atomic mass is 10.2. The highest BCUT2D eigenvalue weighted by Crippen LogP contribution is 2.34. The van der Waals surface area contributed by atoms with E-state index in [-0.39, 0.29) is 5.28 Å². The smallest absolute Gasteiger partial charge is 0.258 e. The van der Waals surface area contributed by atoms with Crippen LogP contribution in [0.4, 0.5) is 0 Å². The Balaban J connectivity index is 2.24. The van der Waals surface area contributed by atoms with E-state index in [0.717, 1.165) is 15.9 Å². The molecular formula is C11H6ClIN4OS2. The number of hydrogen-bond donors (Lipinski definition) is 1. The van der Waals surface area contributed by atoms with Crippen LogP contribution in [0.25, 0.3) is 21.6 Å². The summed E-state index contributed by atoms with van der Waals surface area (Å²) in [6.45, 7) is 0. The van der Waals surface area contributed by atoms with Crippen molar-refractivity contribution in [2.45, 2.75) is 0 Å². The summed E-state index contributed by atoms with van der Waals surface area (Å²) in [7, 11) is 1.49. The maximum absolute atomic E-state index is 11.2. The van der Waals surface area contributed by atoms with Crippen molar-refractivity contribution in [3.05, 3.63) is 34.6 Å². The number of primary amides is 1. The van der Waals surface area contributed by atoms with Gasteiger partial charge in [-0.15, -0.1) is 11.3 Å². The van der Waals surface area contributed by atoms with Crippen LogP contribution in [0.1, 0.15) is 9.67 Å². The lowest BCUT2D eigenvalue weighted by Gasteiger charge is -2.02. The summed E-state index contributed by atoms with van der Waals surface area (Å²) in [6, 6.07) is 5.43. The molecule has 0 aliphatic rings. The minimum atomic E-state index is -0.446. The number of amides is 1. The lowest BCUT2D eigenvalue weighted by Crippen LogP contribution is -2.07. The maximum atomic E-state index is 11.2. The van der Waals surface area contributed by atoms with Gasteiger partial charge in [-0.05, 0) is 29.8 Å². The van der Waals surface area contributed by atoms with Gasteiger partial charge in [0.25, 0.3) is 5.91 Å². The number of carbonyl (C=O) groups is 1. The molecule has 5 nitrogen and oxygen atoms in total. The maximum Gasteiger partial charge on any atom is 0.258 e. The van der Waals surface area contributed by atoms with Crippen LogP contribution in [0, 0.1) is 0 Å². The zero-order valence-electron chi connectivity index (χ0n) is 9.71. The van der Waals surface area contributed by atoms with Crippen LogP contribution in [-0.2, 0) is 0 Å². The highest BCUT2D eigenvalue weighted by molar-refractivity contribution is 14.2. The number of thiophene rings is 1. The first-order valence-electron chi connectivity index (χ1n) is 5.34. The topological polar surface area (TPSA) is 73.8 Å². The predicted molar refractivity (Wildman–Crippen MR) is 91.4 cm³/mol. The molecular weight excluding hydrogens is 431 g/mol. The van der Waals surface area contributed by atoms with E-state index in [0.29, 0.717) is 10.6 Å². The van der Waals surface area contributed by atoms with Gasteiger partial charge in [-0.2, -0.15) is 4.98 Å². The Labute approximate surface area is 139 Å². The molecule has 9 heteroatoms. The fraction of sp³-hybridized carbons (Fsp3) is 0. The van der Waals surface area contributed by atoms with Gasteiger partial charge in [-0.25, -0.2) is 4.98 Å². The zero-order valence-corrected chi connectivity index (χ0v) is 14.3. The van der Waals surface area contributed by atoms with Crippen molar-refractivity contribution in [3.63, 3.8) is 0 Å². The predicted octanol–water partition coefficient (Wildman–Crippen LogP) is 3.76. The zero-order chi connectivity index (χ0) is 14.3. The summed E-state index contributed by atoms with van der Waals surface area (Å²) in [4.78, 5) is 21.0. The number of rotatable bonds is 3. The summed E-state index contributed by atoms with van der Waals surface area (Å²) in [6.07, 6.45) is 1.90. The molecule has 0 atom stereocenters. The average Bonchev–Trinajstić information content (AvgIpc) is 3.04. The second-order valence-electron chi connectivity index (χ2n) is 3.82. The van der Waals surface area contributed by atoms with Gasteiger partial charge < -0.3 is 5.73 Å². The molecule has 0 unspecified atom stereocenters. The minimum absolute atomic E-state index is 0.173. The third-order valence-corrected chi connectivity index (χ3v) is 5.63. The Morgan fingerprint density at radius 1 is 1.40 bits per heavy atom. The molecule has 0 aliphatic carbocycles. The van der Waals surface area contributed by atoms with E-state index in [4.69, 9.17) is 17.3 Å². The van der Waals surface area contributed by atoms with E-state index >= 15 is 0 Å². The first kappa shape index (κ1) is 14.1. The molecule has 3 aromatic heterocycles. The molecule has 3 heterocycles. The first-order chi connectivity index (χ1) is 9.60. The molecule has 2 N–H and O–H groups in total. The van der Waals surface area contributed by atoms with E-state index in [9.17, 15) is 4.79 Å². The molecule has 3 aromatic rings. The summed E-state index contributed by atoms with van der Waals surface area (Å²) in [5.41, 5.74) is 6.73. The normalized spacial score (nSPS) is 11.1. The highest BCUT2D eigenvalue weighted by atomic mass is 127. The van der Waals surface area contributed by atoms with Crippen molar-refractivity contribution >= 4 is 70.2 Å². The van der Waals surface area contributed by atoms with Crippen LogP contribution in [-0.4, -0.2) is 19.8 Å². The van der Waals surface area contributed by atoms with E-state index in [1.165, 1.54) is 20.5 Å². The number of aromatic nitrogens is 3. The quantitative estimate of drug-likeness (QED) is 0.501. The van der Waals surface area contributed by atoms with Crippen molar-refractivity contribution in [3.8, 4) is 10.6 Å². The Kier molecular flexibility index (Phi) is 3.89. The van der Waals surface area contributed by atoms with Gasteiger partial charge in [0.1, 0.15) is 0 Å². The van der Waals surface area contributed by atoms with E-state index in [1.54, 1.807) is 6.07 Å². The van der Waals surface area contributed by atoms with Gasteiger partial charge in [0, 0.05) is 41.9 Å². The van der Waals surface area contributed by atoms with E-state index < -0.39 is 5.91 Å². The van der Waals surface area contributed by atoms with Crippen molar-refractivity contribution in [2.75, 3.05) is 0 Å². The molecule has 0 saturated heterocycles. The van der Waals surface area contributed by atoms with Gasteiger partial charge in [-0.3, -0.25) is 8.77 Å². The van der Waals surface area contributed by atoms with E-state index in [1.807, 2.05) is 22.3 Å². The third-order valence-electron chi connectivity index (χ3n) is 2.64. The Hall–Kier alpha value is -0.840. The van der Waals surface area contributed by atoms with Crippen LogP contribution in [0.5, 0.6) is 0 Å². The standard InChI is InChI=1S/C11H6ClIN4OS2/c12-11-15-8(6-1-2-7(19-6)9(14)18)5-3-4-17(20-13)10(5)16-11/h1-4H,(H2,14,18). The summed E-state index contributed by atoms with van der Waals surface area (Å²) >= 11 is 9.45. The number of hydrogen-bond acceptors (Lipinski definition) is 5. The van der Waals surface area contributed by atoms with Crippen molar-refractivity contribution in [2.24, 2.45) is 5.73 Å². The molecule has 0 aromatic carbocycles. The molecule has 20 heavy (non-hydrogen) atoms. The van der Waals surface area contributed by atoms with Crippen molar-refractivity contribution in [1.29, 1.82) is 0 Å². The fourth-order valence-corrected chi connectivity index (χ4v) is 4.10. The van der Waals surface area contributed by atoms with Gasteiger partial charge >= 0.3 is 0 Å². The minimum Gasteiger partial charge on any atom is -0.365 e. The molecule has 0 fully saturated rings. The second-order valence-corrected chi connectivity index (χ2v) is 6.95. The van der Waals surface area contributed by atoms with Gasteiger partial charge in [-0.1, -0.05) is 0 Å². The fourth-order valence-electron chi connectivity index (χ4n) is 1.81. The summed E-state index contributed by atoms with van der Waals surface area (Å²) in [5.74, 6) is -0.446. The van der Waals surface area contributed by atoms with Crippen molar-refractivity contribution < 1.29 is 4.79 Å². The van der Waals surface area contributed by atoms with Crippen LogP contribution >= 0.6 is 53.3 Å². The lowest BCUT2D eigenvalue weighted by molar-refractivity contribution is 0.100. The van der Waals surface area contributed by atoms with Crippen LogP contribution in [0.15, 0.2) is 24.4 Å². The molecule has 1 amide bonds. The molecule has 0 aliphatic heterocycles. The largest absolute Gasteiger partial charge is 0.365 e. The Bertz CT molecular complexity index is 816. The van der Waals surface area contributed by atoms with Gasteiger partial charge in [0.2, 0.25) is 5.28 Å². The monoisotopic (exact) mass is 436 g/mol. The first-order valence-corrected chi connectivity index (χ1v) is 9.85. The Morgan fingerprint density at radius 2 is 2.20 bits per heavy atom. The summed E-state index contributed by atoms with van der Waals surface area (Å²) in [5, 5.41) is 1.06. The number of nitrogens with two attached hydrogens (primary N) is 1. The number of nitrogens with zero attached hydrogens (tertiary/aromatic N) is 3. The molecule has 102 valence electrons. The third kappa shape index (κ3) is 2.41. The average molecular weight is 437 g/mol. The van der Waals surface area contributed by atoms with E-state index in [2.05, 4.69) is 31.2 Å². The molecule has 0 spiro atoms. The van der Waals surface area contributed by atoms with Crippen LogP contribution in [0.2, 0.25) is 5.28 Å². The highest BCUT2D eigenvalue weighted by Gasteiger charge is 2.15. The number of fused-ring (bicyclic) bond motifs is 1. The molecule has 0 radical (unpaired) electrons. The van der Waals surface area contributed by atoms with Crippen molar-refractivity contribution in [1.82, 2.24) is 13.9 Å². The van der Waals surface area contributed by atoms with Crippen LogP contribution < -0.4 is 5.73 Å². The van der Waals surface area contributed by atoms with Crippen LogP contribution in [0.3, 0.4) is 0 Å². The van der Waals surface area contributed by atoms with Gasteiger partial charge in [0.15, 0.2) is 5.65 Å². The number of halogens is 2. The van der Waals surface area contributed by atoms with Gasteiger partial charge in [0.05, 0.1) is 15.4 Å². The SMILES string of the molecule is NC(=O)c1ccc(-c2nc(Cl)nc3c2ccn3SI)s1. The Morgan fingerprint density at radius 3 is 2.85 bits per heavy atom. The summed E-state index contributed by atoms with van der Waals surface area (Å²) < 4.78 is 1.90. The number of carbonyl (C=O) groups excluding carboxylic acids is 1. The molecule has 0 bridgehead atoms.